The lowest BCUT2D eigenvalue weighted by Crippen LogP contribution is -2.42. The molecular formula is C14H21F2N3OS. The molecule has 1 aliphatic rings. The van der Waals surface area contributed by atoms with Crippen LogP contribution in [0.25, 0.3) is 0 Å². The first-order valence-corrected chi connectivity index (χ1v) is 8.05. The van der Waals surface area contributed by atoms with Gasteiger partial charge in [0.05, 0.1) is 6.54 Å². The van der Waals surface area contributed by atoms with Crippen molar-refractivity contribution in [2.75, 3.05) is 32.7 Å². The van der Waals surface area contributed by atoms with Gasteiger partial charge in [0, 0.05) is 32.7 Å². The summed E-state index contributed by atoms with van der Waals surface area (Å²) < 4.78 is 24.8. The molecule has 1 aromatic heterocycles. The largest absolute Gasteiger partial charge is 0.334 e. The molecule has 118 valence electrons. The molecule has 1 saturated heterocycles. The van der Waals surface area contributed by atoms with E-state index >= 15 is 0 Å². The molecule has 0 atom stereocenters. The highest BCUT2D eigenvalue weighted by atomic mass is 32.1. The van der Waals surface area contributed by atoms with Crippen molar-refractivity contribution in [1.82, 2.24) is 15.1 Å². The van der Waals surface area contributed by atoms with Gasteiger partial charge in [0.25, 0.3) is 6.43 Å². The summed E-state index contributed by atoms with van der Waals surface area (Å²) in [5.74, 6) is 0. The molecule has 7 heteroatoms. The molecule has 0 saturated carbocycles. The van der Waals surface area contributed by atoms with Crippen LogP contribution in [0.15, 0.2) is 10.8 Å². The molecule has 0 unspecified atom stereocenters. The van der Waals surface area contributed by atoms with E-state index in [1.54, 1.807) is 21.1 Å². The average Bonchev–Trinajstić information content (AvgIpc) is 2.70. The lowest BCUT2D eigenvalue weighted by atomic mass is 10.2. The van der Waals surface area contributed by atoms with Gasteiger partial charge in [-0.1, -0.05) is 0 Å². The molecular weight excluding hydrogens is 296 g/mol. The van der Waals surface area contributed by atoms with Gasteiger partial charge in [-0.05, 0) is 35.2 Å². The Labute approximate surface area is 127 Å². The fourth-order valence-corrected chi connectivity index (χ4v) is 3.26. The van der Waals surface area contributed by atoms with Gasteiger partial charge in [-0.15, -0.1) is 0 Å². The molecule has 0 radical (unpaired) electrons. The molecule has 1 aromatic rings. The first-order chi connectivity index (χ1) is 10.1. The standard InChI is InChI=1S/C14H21F2N3OS/c1-11-9-21-10-12(11)7-17-14(20)19-4-2-3-18(5-6-19)8-13(15)16/h9-10,13H,2-8H2,1H3,(H,17,20). The number of nitrogens with one attached hydrogen (secondary N) is 1. The number of nitrogens with zero attached hydrogens (tertiary/aromatic N) is 2. The van der Waals surface area contributed by atoms with Crippen LogP contribution in [0.5, 0.6) is 0 Å². The molecule has 2 heterocycles. The molecule has 0 bridgehead atoms. The van der Waals surface area contributed by atoms with E-state index in [-0.39, 0.29) is 12.6 Å². The average molecular weight is 317 g/mol. The normalized spacial score (nSPS) is 17.0. The summed E-state index contributed by atoms with van der Waals surface area (Å²) in [4.78, 5) is 15.6. The van der Waals surface area contributed by atoms with Crippen LogP contribution < -0.4 is 5.32 Å². The lowest BCUT2D eigenvalue weighted by Gasteiger charge is -2.22. The molecule has 1 N–H and O–H groups in total. The molecule has 0 spiro atoms. The minimum absolute atomic E-state index is 0.112. The second-order valence-electron chi connectivity index (χ2n) is 5.27. The molecule has 4 nitrogen and oxygen atoms in total. The number of alkyl halides is 2. The monoisotopic (exact) mass is 317 g/mol. The molecule has 1 aliphatic heterocycles. The van der Waals surface area contributed by atoms with Crippen molar-refractivity contribution in [2.24, 2.45) is 0 Å². The van der Waals surface area contributed by atoms with Crippen LogP contribution in [-0.2, 0) is 6.54 Å². The maximum absolute atomic E-state index is 12.4. The van der Waals surface area contributed by atoms with Crippen molar-refractivity contribution < 1.29 is 13.6 Å². The van der Waals surface area contributed by atoms with Gasteiger partial charge < -0.3 is 10.2 Å². The first kappa shape index (κ1) is 16.2. The van der Waals surface area contributed by atoms with Crippen molar-refractivity contribution in [3.8, 4) is 0 Å². The summed E-state index contributed by atoms with van der Waals surface area (Å²) >= 11 is 1.62. The topological polar surface area (TPSA) is 35.6 Å². The van der Waals surface area contributed by atoms with E-state index in [9.17, 15) is 13.6 Å². The van der Waals surface area contributed by atoms with E-state index in [0.29, 0.717) is 32.7 Å². The van der Waals surface area contributed by atoms with Crippen LogP contribution >= 0.6 is 11.3 Å². The van der Waals surface area contributed by atoms with Crippen molar-refractivity contribution in [3.63, 3.8) is 0 Å². The van der Waals surface area contributed by atoms with Crippen molar-refractivity contribution in [3.05, 3.63) is 21.9 Å². The first-order valence-electron chi connectivity index (χ1n) is 7.11. The summed E-state index contributed by atoms with van der Waals surface area (Å²) in [6, 6.07) is -0.112. The number of hydrogen-bond acceptors (Lipinski definition) is 3. The fourth-order valence-electron chi connectivity index (χ4n) is 2.40. The third kappa shape index (κ3) is 4.93. The maximum atomic E-state index is 12.4. The molecule has 0 aromatic carbocycles. The highest BCUT2D eigenvalue weighted by molar-refractivity contribution is 7.08. The molecule has 2 rings (SSSR count). The van der Waals surface area contributed by atoms with E-state index < -0.39 is 6.43 Å². The van der Waals surface area contributed by atoms with Gasteiger partial charge in [-0.3, -0.25) is 4.90 Å². The minimum atomic E-state index is -2.31. The Hall–Kier alpha value is -1.21. The van der Waals surface area contributed by atoms with Gasteiger partial charge in [0.1, 0.15) is 0 Å². The summed E-state index contributed by atoms with van der Waals surface area (Å²) in [5.41, 5.74) is 2.31. The molecule has 1 fully saturated rings. The number of aryl methyl sites for hydroxylation is 1. The van der Waals surface area contributed by atoms with Gasteiger partial charge >= 0.3 is 6.03 Å². The van der Waals surface area contributed by atoms with Crippen LogP contribution in [0.2, 0.25) is 0 Å². The summed E-state index contributed by atoms with van der Waals surface area (Å²) in [6.45, 7) is 4.59. The molecule has 2 amide bonds. The Kier molecular flexibility index (Phi) is 5.93. The Morgan fingerprint density at radius 3 is 2.81 bits per heavy atom. The number of hydrogen-bond donors (Lipinski definition) is 1. The number of thiophene rings is 1. The van der Waals surface area contributed by atoms with Gasteiger partial charge in [0.2, 0.25) is 0 Å². The van der Waals surface area contributed by atoms with E-state index in [1.807, 2.05) is 12.3 Å². The van der Waals surface area contributed by atoms with Crippen LogP contribution in [0.3, 0.4) is 0 Å². The van der Waals surface area contributed by atoms with Gasteiger partial charge in [-0.25, -0.2) is 13.6 Å². The highest BCUT2D eigenvalue weighted by Crippen LogP contribution is 2.13. The number of carbonyl (C=O) groups is 1. The summed E-state index contributed by atoms with van der Waals surface area (Å²) in [6.07, 6.45) is -1.58. The zero-order chi connectivity index (χ0) is 15.2. The lowest BCUT2D eigenvalue weighted by molar-refractivity contribution is 0.0904. The van der Waals surface area contributed by atoms with Crippen molar-refractivity contribution in [1.29, 1.82) is 0 Å². The van der Waals surface area contributed by atoms with E-state index in [2.05, 4.69) is 10.7 Å². The van der Waals surface area contributed by atoms with Crippen LogP contribution in [-0.4, -0.2) is 55.0 Å². The number of amides is 2. The number of urea groups is 1. The predicted octanol–water partition coefficient (Wildman–Crippen LogP) is 2.54. The third-order valence-corrected chi connectivity index (χ3v) is 4.57. The highest BCUT2D eigenvalue weighted by Gasteiger charge is 2.20. The van der Waals surface area contributed by atoms with E-state index in [4.69, 9.17) is 0 Å². The third-order valence-electron chi connectivity index (χ3n) is 3.66. The Morgan fingerprint density at radius 1 is 1.33 bits per heavy atom. The number of halogens is 2. The van der Waals surface area contributed by atoms with Crippen LogP contribution in [0.4, 0.5) is 13.6 Å². The van der Waals surface area contributed by atoms with Crippen molar-refractivity contribution >= 4 is 17.4 Å². The second-order valence-corrected chi connectivity index (χ2v) is 6.01. The van der Waals surface area contributed by atoms with E-state index in [1.165, 1.54) is 5.56 Å². The van der Waals surface area contributed by atoms with Crippen LogP contribution in [0, 0.1) is 6.92 Å². The Bertz CT molecular complexity index is 467. The maximum Gasteiger partial charge on any atom is 0.317 e. The van der Waals surface area contributed by atoms with Gasteiger partial charge in [-0.2, -0.15) is 11.3 Å². The van der Waals surface area contributed by atoms with Gasteiger partial charge in [0.15, 0.2) is 0 Å². The second kappa shape index (κ2) is 7.70. The Morgan fingerprint density at radius 2 is 2.14 bits per heavy atom. The molecule has 21 heavy (non-hydrogen) atoms. The molecule has 0 aliphatic carbocycles. The zero-order valence-corrected chi connectivity index (χ0v) is 13.0. The Balaban J connectivity index is 1.79. The quantitative estimate of drug-likeness (QED) is 0.926. The smallest absolute Gasteiger partial charge is 0.317 e. The summed E-state index contributed by atoms with van der Waals surface area (Å²) in [7, 11) is 0. The number of carbonyl (C=O) groups excluding carboxylic acids is 1. The minimum Gasteiger partial charge on any atom is -0.334 e. The number of rotatable bonds is 4. The van der Waals surface area contributed by atoms with E-state index in [0.717, 1.165) is 12.0 Å². The fraction of sp³-hybridized carbons (Fsp3) is 0.643. The van der Waals surface area contributed by atoms with Crippen molar-refractivity contribution in [2.45, 2.75) is 26.3 Å². The predicted molar refractivity (Wildman–Crippen MR) is 79.9 cm³/mol. The zero-order valence-electron chi connectivity index (χ0n) is 12.1. The van der Waals surface area contributed by atoms with Crippen LogP contribution in [0.1, 0.15) is 17.5 Å². The summed E-state index contributed by atoms with van der Waals surface area (Å²) in [5, 5.41) is 6.99. The SMILES string of the molecule is Cc1cscc1CNC(=O)N1CCCN(CC(F)F)CC1.